The number of benzene rings is 2. The minimum Gasteiger partial charge on any atom is -0.294 e. The molecule has 0 amide bonds. The first-order valence-electron chi connectivity index (χ1n) is 7.17. The molecule has 0 atom stereocenters. The first kappa shape index (κ1) is 14.5. The summed E-state index contributed by atoms with van der Waals surface area (Å²) in [5.41, 5.74) is 3.92. The Hall–Kier alpha value is -1.89. The van der Waals surface area contributed by atoms with Crippen LogP contribution in [-0.4, -0.2) is 5.78 Å². The van der Waals surface area contributed by atoms with Gasteiger partial charge in [-0.1, -0.05) is 69.3 Å². The van der Waals surface area contributed by atoms with Crippen LogP contribution < -0.4 is 0 Å². The van der Waals surface area contributed by atoms with Crippen molar-refractivity contribution in [2.24, 2.45) is 5.41 Å². The van der Waals surface area contributed by atoms with Crippen molar-refractivity contribution in [3.63, 3.8) is 0 Å². The van der Waals surface area contributed by atoms with Crippen LogP contribution in [0.25, 0.3) is 11.1 Å². The second kappa shape index (κ2) is 5.62. The second-order valence-electron chi connectivity index (χ2n) is 5.91. The lowest BCUT2D eigenvalue weighted by atomic mass is 9.80. The molecule has 0 saturated heterocycles. The molecule has 2 aromatic carbocycles. The minimum atomic E-state index is -0.305. The summed E-state index contributed by atoms with van der Waals surface area (Å²) in [6.45, 7) is 8.14. The fraction of sp³-hybridized carbons (Fsp3) is 0.316. The van der Waals surface area contributed by atoms with Gasteiger partial charge in [0.2, 0.25) is 0 Å². The predicted molar refractivity (Wildman–Crippen MR) is 85.0 cm³/mol. The highest BCUT2D eigenvalue weighted by Crippen LogP contribution is 2.31. The maximum absolute atomic E-state index is 12.7. The van der Waals surface area contributed by atoms with E-state index in [9.17, 15) is 4.79 Å². The minimum absolute atomic E-state index is 0.232. The molecule has 104 valence electrons. The first-order chi connectivity index (χ1) is 9.47. The first-order valence-corrected chi connectivity index (χ1v) is 7.17. The van der Waals surface area contributed by atoms with E-state index in [1.54, 1.807) is 0 Å². The Kier molecular flexibility index (Phi) is 4.08. The van der Waals surface area contributed by atoms with E-state index in [-0.39, 0.29) is 11.2 Å². The van der Waals surface area contributed by atoms with Gasteiger partial charge in [-0.25, -0.2) is 0 Å². The number of carbonyl (C=O) groups excluding carboxylic acids is 1. The molecule has 2 rings (SSSR count). The van der Waals surface area contributed by atoms with E-state index < -0.39 is 0 Å². The van der Waals surface area contributed by atoms with Crippen molar-refractivity contribution in [3.05, 3.63) is 59.7 Å². The summed E-state index contributed by atoms with van der Waals surface area (Å²) in [5.74, 6) is 0.232. The third-order valence-electron chi connectivity index (χ3n) is 4.16. The summed E-state index contributed by atoms with van der Waals surface area (Å²) in [4.78, 5) is 12.7. The van der Waals surface area contributed by atoms with Crippen molar-refractivity contribution >= 4 is 5.78 Å². The zero-order chi connectivity index (χ0) is 14.8. The molecule has 0 aromatic heterocycles. The summed E-state index contributed by atoms with van der Waals surface area (Å²) >= 11 is 0. The smallest absolute Gasteiger partial charge is 0.168 e. The molecule has 0 aliphatic carbocycles. The van der Waals surface area contributed by atoms with Crippen LogP contribution in [0, 0.1) is 12.3 Å². The van der Waals surface area contributed by atoms with E-state index in [1.165, 1.54) is 0 Å². The van der Waals surface area contributed by atoms with Gasteiger partial charge in [0.15, 0.2) is 5.78 Å². The SMILES string of the molecule is CCC(C)(C)C(=O)c1cccc(-c2ccccc2)c1C. The maximum atomic E-state index is 12.7. The van der Waals surface area contributed by atoms with Gasteiger partial charge < -0.3 is 0 Å². The summed E-state index contributed by atoms with van der Waals surface area (Å²) in [5, 5.41) is 0. The fourth-order valence-electron chi connectivity index (χ4n) is 2.34. The zero-order valence-corrected chi connectivity index (χ0v) is 12.7. The molecule has 0 N–H and O–H groups in total. The van der Waals surface area contributed by atoms with Crippen LogP contribution in [0.5, 0.6) is 0 Å². The van der Waals surface area contributed by atoms with Gasteiger partial charge in [0.05, 0.1) is 0 Å². The van der Waals surface area contributed by atoms with E-state index in [2.05, 4.69) is 25.1 Å². The van der Waals surface area contributed by atoms with E-state index in [0.29, 0.717) is 0 Å². The average Bonchev–Trinajstić information content (AvgIpc) is 2.47. The van der Waals surface area contributed by atoms with Gasteiger partial charge in [-0.2, -0.15) is 0 Å². The van der Waals surface area contributed by atoms with Gasteiger partial charge in [-0.3, -0.25) is 4.79 Å². The normalized spacial score (nSPS) is 11.4. The van der Waals surface area contributed by atoms with Crippen LogP contribution in [0.1, 0.15) is 43.1 Å². The summed E-state index contributed by atoms with van der Waals surface area (Å²) in [7, 11) is 0. The highest BCUT2D eigenvalue weighted by atomic mass is 16.1. The summed E-state index contributed by atoms with van der Waals surface area (Å²) in [6.07, 6.45) is 0.848. The van der Waals surface area contributed by atoms with Gasteiger partial charge in [-0.15, -0.1) is 0 Å². The third kappa shape index (κ3) is 2.67. The fourth-order valence-corrected chi connectivity index (χ4v) is 2.34. The number of rotatable bonds is 4. The molecule has 1 nitrogen and oxygen atoms in total. The Balaban J connectivity index is 2.51. The summed E-state index contributed by atoms with van der Waals surface area (Å²) < 4.78 is 0. The molecule has 0 fully saturated rings. The average molecular weight is 266 g/mol. The lowest BCUT2D eigenvalue weighted by Crippen LogP contribution is -2.24. The Morgan fingerprint density at radius 2 is 1.65 bits per heavy atom. The van der Waals surface area contributed by atoms with Gasteiger partial charge in [0, 0.05) is 11.0 Å². The van der Waals surface area contributed by atoms with Crippen molar-refractivity contribution in [2.75, 3.05) is 0 Å². The van der Waals surface area contributed by atoms with Crippen LogP contribution in [0.4, 0.5) is 0 Å². The lowest BCUT2D eigenvalue weighted by Gasteiger charge is -2.22. The van der Waals surface area contributed by atoms with Crippen molar-refractivity contribution in [1.29, 1.82) is 0 Å². The zero-order valence-electron chi connectivity index (χ0n) is 12.7. The monoisotopic (exact) mass is 266 g/mol. The Morgan fingerprint density at radius 1 is 1.00 bits per heavy atom. The second-order valence-corrected chi connectivity index (χ2v) is 5.91. The molecule has 0 aliphatic rings. The molecule has 2 aromatic rings. The van der Waals surface area contributed by atoms with Crippen molar-refractivity contribution in [1.82, 2.24) is 0 Å². The van der Waals surface area contributed by atoms with Crippen LogP contribution in [0.3, 0.4) is 0 Å². The van der Waals surface area contributed by atoms with E-state index in [0.717, 1.165) is 28.7 Å². The van der Waals surface area contributed by atoms with Crippen LogP contribution in [-0.2, 0) is 0 Å². The van der Waals surface area contributed by atoms with E-state index in [4.69, 9.17) is 0 Å². The maximum Gasteiger partial charge on any atom is 0.168 e. The predicted octanol–water partition coefficient (Wildman–Crippen LogP) is 5.28. The number of Topliss-reactive ketones (excluding diaryl/α,β-unsaturated/α-hetero) is 1. The van der Waals surface area contributed by atoms with Crippen molar-refractivity contribution < 1.29 is 4.79 Å². The number of hydrogen-bond acceptors (Lipinski definition) is 1. The van der Waals surface area contributed by atoms with E-state index in [1.807, 2.05) is 51.1 Å². The largest absolute Gasteiger partial charge is 0.294 e. The van der Waals surface area contributed by atoms with Gasteiger partial charge in [0.25, 0.3) is 0 Å². The topological polar surface area (TPSA) is 17.1 Å². The molecule has 0 saturated carbocycles. The van der Waals surface area contributed by atoms with Crippen LogP contribution in [0.15, 0.2) is 48.5 Å². The molecule has 0 radical (unpaired) electrons. The Bertz CT molecular complexity index is 609. The quantitative estimate of drug-likeness (QED) is 0.688. The van der Waals surface area contributed by atoms with Crippen LogP contribution >= 0.6 is 0 Å². The molecule has 0 aliphatic heterocycles. The Morgan fingerprint density at radius 3 is 2.25 bits per heavy atom. The molecular weight excluding hydrogens is 244 g/mol. The molecular formula is C19H22O. The number of ketones is 1. The van der Waals surface area contributed by atoms with Gasteiger partial charge in [-0.05, 0) is 30.0 Å². The van der Waals surface area contributed by atoms with Gasteiger partial charge >= 0.3 is 0 Å². The lowest BCUT2D eigenvalue weighted by molar-refractivity contribution is 0.0832. The molecule has 0 heterocycles. The van der Waals surface area contributed by atoms with Gasteiger partial charge in [0.1, 0.15) is 0 Å². The molecule has 1 heteroatoms. The van der Waals surface area contributed by atoms with Crippen LogP contribution in [0.2, 0.25) is 0 Å². The van der Waals surface area contributed by atoms with Crippen molar-refractivity contribution in [2.45, 2.75) is 34.1 Å². The molecule has 0 unspecified atom stereocenters. The highest BCUT2D eigenvalue weighted by Gasteiger charge is 2.28. The standard InChI is InChI=1S/C19H22O/c1-5-19(3,4)18(20)17-13-9-12-16(14(17)2)15-10-7-6-8-11-15/h6-13H,5H2,1-4H3. The van der Waals surface area contributed by atoms with Crippen molar-refractivity contribution in [3.8, 4) is 11.1 Å². The molecule has 0 spiro atoms. The Labute approximate surface area is 121 Å². The third-order valence-corrected chi connectivity index (χ3v) is 4.16. The molecule has 0 bridgehead atoms. The molecule has 20 heavy (non-hydrogen) atoms. The summed E-state index contributed by atoms with van der Waals surface area (Å²) in [6, 6.07) is 16.2. The highest BCUT2D eigenvalue weighted by molar-refractivity contribution is 6.02. The number of carbonyl (C=O) groups is 1. The van der Waals surface area contributed by atoms with E-state index >= 15 is 0 Å². The number of hydrogen-bond donors (Lipinski definition) is 0.